The van der Waals surface area contributed by atoms with E-state index in [1.165, 1.54) is 11.3 Å². The molecule has 4 amide bonds. The van der Waals surface area contributed by atoms with Gasteiger partial charge in [-0.1, -0.05) is 35.9 Å². The predicted octanol–water partition coefficient (Wildman–Crippen LogP) is 5.78. The summed E-state index contributed by atoms with van der Waals surface area (Å²) < 4.78 is 1.98. The Bertz CT molecular complexity index is 2200. The molecule has 0 fully saturated rings. The van der Waals surface area contributed by atoms with E-state index in [0.717, 1.165) is 42.9 Å². The minimum Gasteiger partial charge on any atom is -0.354 e. The van der Waals surface area contributed by atoms with Crippen molar-refractivity contribution in [3.8, 4) is 5.00 Å². The molecule has 6 rings (SSSR count). The quantitative estimate of drug-likeness (QED) is 0.0978. The number of halogens is 1. The molecule has 1 aliphatic rings. The maximum atomic E-state index is 13.2. The van der Waals surface area contributed by atoms with Crippen LogP contribution in [0.5, 0.6) is 0 Å². The van der Waals surface area contributed by atoms with Gasteiger partial charge in [-0.05, 0) is 64.4 Å². The number of nitrogens with one attached hydrogen (secondary N) is 4. The Hall–Kier alpha value is -5.25. The SMILES string of the molecule is Cc1nc(NC(=O)c2ccccc2NC(=O)CC(=O)NCCNC(=O)C[C@@H]2N=C(c3ccc(Cl)cc3)c3c(sc(C)c3C)-n3c(C)nnc32)sc1C. The summed E-state index contributed by atoms with van der Waals surface area (Å²) in [6.07, 6.45) is -0.482. The second-order valence-corrected chi connectivity index (χ2v) is 15.0. The maximum Gasteiger partial charge on any atom is 0.259 e. The number of anilines is 2. The molecule has 52 heavy (non-hydrogen) atoms. The third-order valence-electron chi connectivity index (χ3n) is 8.52. The summed E-state index contributed by atoms with van der Waals surface area (Å²) >= 11 is 9.19. The van der Waals surface area contributed by atoms with Crippen LogP contribution in [0.1, 0.15) is 73.0 Å². The fourth-order valence-electron chi connectivity index (χ4n) is 5.67. The summed E-state index contributed by atoms with van der Waals surface area (Å²) in [5.74, 6) is -0.606. The number of aromatic nitrogens is 4. The molecule has 0 saturated heterocycles. The van der Waals surface area contributed by atoms with Crippen molar-refractivity contribution < 1.29 is 19.2 Å². The van der Waals surface area contributed by atoms with Crippen LogP contribution in [-0.4, -0.2) is 62.2 Å². The van der Waals surface area contributed by atoms with Gasteiger partial charge in [-0.25, -0.2) is 4.98 Å². The number of benzene rings is 2. The first-order chi connectivity index (χ1) is 24.9. The number of fused-ring (bicyclic) bond motifs is 3. The zero-order valence-electron chi connectivity index (χ0n) is 29.1. The fraction of sp³-hybridized carbons (Fsp3) is 0.278. The Balaban J connectivity index is 1.05. The van der Waals surface area contributed by atoms with E-state index in [2.05, 4.69) is 50.3 Å². The van der Waals surface area contributed by atoms with Gasteiger partial charge >= 0.3 is 0 Å². The van der Waals surface area contributed by atoms with Gasteiger partial charge in [-0.2, -0.15) is 0 Å². The molecule has 16 heteroatoms. The molecule has 13 nitrogen and oxygen atoms in total. The van der Waals surface area contributed by atoms with Crippen LogP contribution < -0.4 is 21.3 Å². The molecule has 1 aliphatic heterocycles. The summed E-state index contributed by atoms with van der Waals surface area (Å²) in [7, 11) is 0. The van der Waals surface area contributed by atoms with Crippen LogP contribution >= 0.6 is 34.3 Å². The van der Waals surface area contributed by atoms with Crippen molar-refractivity contribution >= 4 is 74.4 Å². The normalized spacial score (nSPS) is 13.3. The summed E-state index contributed by atoms with van der Waals surface area (Å²) in [5, 5.41) is 21.7. The smallest absolute Gasteiger partial charge is 0.259 e. The van der Waals surface area contributed by atoms with E-state index in [-0.39, 0.29) is 36.7 Å². The highest BCUT2D eigenvalue weighted by Crippen LogP contribution is 2.39. The molecule has 0 saturated carbocycles. The number of para-hydroxylation sites is 1. The van der Waals surface area contributed by atoms with Crippen LogP contribution in [0.15, 0.2) is 53.5 Å². The lowest BCUT2D eigenvalue weighted by molar-refractivity contribution is -0.127. The zero-order valence-corrected chi connectivity index (χ0v) is 31.5. The molecule has 4 heterocycles. The summed E-state index contributed by atoms with van der Waals surface area (Å²) in [6, 6.07) is 13.3. The lowest BCUT2D eigenvalue weighted by Crippen LogP contribution is -2.36. The number of hydrogen-bond acceptors (Lipinski definition) is 10. The van der Waals surface area contributed by atoms with Crippen LogP contribution in [0, 0.1) is 34.6 Å². The standard InChI is InChI=1S/C36H36ClN9O4S2/c1-18-20(3)51-35-31(18)32(23-10-12-24(37)13-11-23)42-27(33-45-44-22(5)46(33)35)16-28(47)38-14-15-39-29(48)17-30(49)41-26-9-7-6-8-25(26)34(50)43-36-40-19(2)21(4)52-36/h6-13,27H,14-17H2,1-5H3,(H,38,47)(H,39,48)(H,41,49)(H,40,43,50)/t27-/m0/s1. The van der Waals surface area contributed by atoms with Crippen LogP contribution in [-0.2, 0) is 14.4 Å². The Morgan fingerprint density at radius 2 is 1.54 bits per heavy atom. The van der Waals surface area contributed by atoms with Crippen molar-refractivity contribution in [2.75, 3.05) is 23.7 Å². The van der Waals surface area contributed by atoms with Gasteiger partial charge in [0.1, 0.15) is 23.3 Å². The lowest BCUT2D eigenvalue weighted by atomic mass is 9.99. The molecule has 1 atom stereocenters. The number of nitrogens with zero attached hydrogens (tertiary/aromatic N) is 5. The van der Waals surface area contributed by atoms with Crippen molar-refractivity contribution in [1.82, 2.24) is 30.4 Å². The van der Waals surface area contributed by atoms with E-state index < -0.39 is 30.2 Å². The van der Waals surface area contributed by atoms with Crippen LogP contribution in [0.3, 0.4) is 0 Å². The topological polar surface area (TPSA) is 172 Å². The molecular weight excluding hydrogens is 722 g/mol. The minimum atomic E-state index is -0.635. The Morgan fingerprint density at radius 3 is 2.25 bits per heavy atom. The van der Waals surface area contributed by atoms with Crippen molar-refractivity contribution in [3.63, 3.8) is 0 Å². The van der Waals surface area contributed by atoms with Gasteiger partial charge in [0.25, 0.3) is 5.91 Å². The lowest BCUT2D eigenvalue weighted by Gasteiger charge is -2.13. The van der Waals surface area contributed by atoms with Crippen LogP contribution in [0.2, 0.25) is 5.02 Å². The molecule has 268 valence electrons. The first-order valence-electron chi connectivity index (χ1n) is 16.4. The molecule has 0 radical (unpaired) electrons. The summed E-state index contributed by atoms with van der Waals surface area (Å²) in [6.45, 7) is 10.00. The Labute approximate surface area is 312 Å². The van der Waals surface area contributed by atoms with E-state index in [4.69, 9.17) is 16.6 Å². The van der Waals surface area contributed by atoms with E-state index in [0.29, 0.717) is 21.8 Å². The molecule has 0 aliphatic carbocycles. The number of rotatable bonds is 11. The average Bonchev–Trinajstić information content (AvgIpc) is 3.71. The third kappa shape index (κ3) is 7.96. The van der Waals surface area contributed by atoms with Crippen molar-refractivity contribution in [3.05, 3.63) is 103 Å². The number of amides is 4. The van der Waals surface area contributed by atoms with E-state index in [1.54, 1.807) is 35.6 Å². The summed E-state index contributed by atoms with van der Waals surface area (Å²) in [5.41, 5.74) is 5.00. The molecule has 0 spiro atoms. The molecule has 4 N–H and O–H groups in total. The number of aliphatic imine (C=N–C) groups is 1. The number of thiazole rings is 1. The largest absolute Gasteiger partial charge is 0.354 e. The monoisotopic (exact) mass is 757 g/mol. The minimum absolute atomic E-state index is 0.00665. The number of thiophene rings is 1. The van der Waals surface area contributed by atoms with Crippen molar-refractivity contribution in [1.29, 1.82) is 0 Å². The first-order valence-corrected chi connectivity index (χ1v) is 18.4. The van der Waals surface area contributed by atoms with E-state index in [1.807, 2.05) is 49.6 Å². The van der Waals surface area contributed by atoms with Gasteiger partial charge in [-0.15, -0.1) is 32.9 Å². The highest BCUT2D eigenvalue weighted by Gasteiger charge is 2.32. The number of carbonyl (C=O) groups excluding carboxylic acids is 4. The second-order valence-electron chi connectivity index (χ2n) is 12.2. The van der Waals surface area contributed by atoms with E-state index in [9.17, 15) is 19.2 Å². The first kappa shape index (κ1) is 36.5. The highest BCUT2D eigenvalue weighted by molar-refractivity contribution is 7.16. The van der Waals surface area contributed by atoms with E-state index >= 15 is 0 Å². The molecule has 0 bridgehead atoms. The predicted molar refractivity (Wildman–Crippen MR) is 203 cm³/mol. The highest BCUT2D eigenvalue weighted by atomic mass is 35.5. The van der Waals surface area contributed by atoms with Gasteiger partial charge in [0.2, 0.25) is 17.7 Å². The Morgan fingerprint density at radius 1 is 0.827 bits per heavy atom. The second kappa shape index (κ2) is 15.6. The molecule has 5 aromatic rings. The number of aryl methyl sites for hydroxylation is 4. The van der Waals surface area contributed by atoms with Gasteiger partial charge in [-0.3, -0.25) is 34.1 Å². The third-order valence-corrected chi connectivity index (χ3v) is 11.0. The summed E-state index contributed by atoms with van der Waals surface area (Å²) in [4.78, 5) is 63.0. The van der Waals surface area contributed by atoms with Gasteiger partial charge < -0.3 is 16.0 Å². The number of hydrogen-bond donors (Lipinski definition) is 4. The number of carbonyl (C=O) groups is 4. The zero-order chi connectivity index (χ0) is 37.1. The fourth-order valence-corrected chi connectivity index (χ4v) is 7.82. The van der Waals surface area contributed by atoms with Gasteiger partial charge in [0, 0.05) is 39.0 Å². The van der Waals surface area contributed by atoms with Crippen molar-refractivity contribution in [2.45, 2.75) is 53.5 Å². The van der Waals surface area contributed by atoms with Gasteiger partial charge in [0.15, 0.2) is 11.0 Å². The average molecular weight is 758 g/mol. The maximum absolute atomic E-state index is 13.2. The van der Waals surface area contributed by atoms with Crippen LogP contribution in [0.25, 0.3) is 5.00 Å². The van der Waals surface area contributed by atoms with Crippen LogP contribution in [0.4, 0.5) is 10.8 Å². The van der Waals surface area contributed by atoms with Crippen molar-refractivity contribution in [2.24, 2.45) is 4.99 Å². The molecular formula is C36H36ClN9O4S2. The molecule has 2 aromatic carbocycles. The molecule has 0 unspecified atom stereocenters. The van der Waals surface area contributed by atoms with Gasteiger partial charge in [0.05, 0.1) is 29.1 Å². The Kier molecular flexibility index (Phi) is 10.9. The molecule has 3 aromatic heterocycles.